The average Bonchev–Trinajstić information content (AvgIpc) is 2.72. The van der Waals surface area contributed by atoms with Crippen LogP contribution in [0.2, 0.25) is 0 Å². The first-order valence-corrected chi connectivity index (χ1v) is 6.84. The number of nitrogens with one attached hydrogen (secondary N) is 1. The maximum atomic E-state index is 12.0. The molecule has 0 aromatic carbocycles. The zero-order chi connectivity index (χ0) is 15.3. The SMILES string of the molecule is COC(=O)CCC(NC(=O)c1cc(C)sc1C)C(=O)O. The predicted molar refractivity (Wildman–Crippen MR) is 73.9 cm³/mol. The van der Waals surface area contributed by atoms with Gasteiger partial charge in [-0.05, 0) is 26.3 Å². The molecule has 0 aliphatic heterocycles. The number of methoxy groups -OCH3 is 1. The normalized spacial score (nSPS) is 11.8. The molecule has 1 amide bonds. The molecular weight excluding hydrogens is 282 g/mol. The van der Waals surface area contributed by atoms with E-state index in [1.54, 1.807) is 13.0 Å². The highest BCUT2D eigenvalue weighted by Gasteiger charge is 2.23. The van der Waals surface area contributed by atoms with E-state index < -0.39 is 23.9 Å². The summed E-state index contributed by atoms with van der Waals surface area (Å²) in [6, 6.07) is 0.607. The fraction of sp³-hybridized carbons (Fsp3) is 0.462. The molecule has 0 aliphatic carbocycles. The largest absolute Gasteiger partial charge is 0.480 e. The first-order chi connectivity index (χ1) is 9.35. The molecule has 7 heteroatoms. The number of hydrogen-bond donors (Lipinski definition) is 2. The molecule has 0 saturated carbocycles. The molecule has 2 N–H and O–H groups in total. The van der Waals surface area contributed by atoms with Crippen molar-refractivity contribution >= 4 is 29.2 Å². The Morgan fingerprint density at radius 1 is 1.40 bits per heavy atom. The van der Waals surface area contributed by atoms with E-state index in [0.29, 0.717) is 5.56 Å². The van der Waals surface area contributed by atoms with E-state index in [-0.39, 0.29) is 12.8 Å². The molecule has 1 heterocycles. The van der Waals surface area contributed by atoms with Gasteiger partial charge < -0.3 is 15.2 Å². The summed E-state index contributed by atoms with van der Waals surface area (Å²) < 4.78 is 4.45. The van der Waals surface area contributed by atoms with Crippen LogP contribution < -0.4 is 5.32 Å². The van der Waals surface area contributed by atoms with Gasteiger partial charge in [-0.2, -0.15) is 0 Å². The number of aliphatic carboxylic acids is 1. The fourth-order valence-corrected chi connectivity index (χ4v) is 2.64. The monoisotopic (exact) mass is 299 g/mol. The average molecular weight is 299 g/mol. The highest BCUT2D eigenvalue weighted by Crippen LogP contribution is 2.20. The number of rotatable bonds is 6. The summed E-state index contributed by atoms with van der Waals surface area (Å²) in [5, 5.41) is 11.5. The first kappa shape index (κ1) is 16.2. The fourth-order valence-electron chi connectivity index (χ4n) is 1.71. The minimum atomic E-state index is -1.17. The van der Waals surface area contributed by atoms with Crippen molar-refractivity contribution in [2.45, 2.75) is 32.7 Å². The zero-order valence-corrected chi connectivity index (χ0v) is 12.4. The quantitative estimate of drug-likeness (QED) is 0.777. The molecule has 0 bridgehead atoms. The van der Waals surface area contributed by atoms with Crippen molar-refractivity contribution < 1.29 is 24.2 Å². The lowest BCUT2D eigenvalue weighted by molar-refractivity contribution is -0.142. The van der Waals surface area contributed by atoms with Gasteiger partial charge >= 0.3 is 11.9 Å². The van der Waals surface area contributed by atoms with Crippen LogP contribution in [-0.4, -0.2) is 36.1 Å². The van der Waals surface area contributed by atoms with Crippen molar-refractivity contribution in [3.8, 4) is 0 Å². The smallest absolute Gasteiger partial charge is 0.326 e. The van der Waals surface area contributed by atoms with Crippen molar-refractivity contribution in [3.63, 3.8) is 0 Å². The summed E-state index contributed by atoms with van der Waals surface area (Å²) in [6.07, 6.45) is -0.0642. The summed E-state index contributed by atoms with van der Waals surface area (Å²) in [6.45, 7) is 3.68. The number of hydrogen-bond acceptors (Lipinski definition) is 5. The molecule has 0 fully saturated rings. The Bertz CT molecular complexity index is 523. The van der Waals surface area contributed by atoms with Gasteiger partial charge in [0.1, 0.15) is 6.04 Å². The summed E-state index contributed by atoms with van der Waals surface area (Å²) >= 11 is 1.47. The first-order valence-electron chi connectivity index (χ1n) is 6.02. The molecule has 6 nitrogen and oxygen atoms in total. The molecule has 1 aromatic heterocycles. The van der Waals surface area contributed by atoms with Crippen molar-refractivity contribution in [1.82, 2.24) is 5.32 Å². The van der Waals surface area contributed by atoms with Gasteiger partial charge in [-0.3, -0.25) is 9.59 Å². The van der Waals surface area contributed by atoms with Crippen LogP contribution in [0.15, 0.2) is 6.07 Å². The van der Waals surface area contributed by atoms with Crippen LogP contribution in [-0.2, 0) is 14.3 Å². The summed E-state index contributed by atoms with van der Waals surface area (Å²) in [5.41, 5.74) is 0.469. The second-order valence-electron chi connectivity index (χ2n) is 4.31. The second kappa shape index (κ2) is 7.04. The Labute approximate surface area is 120 Å². The van der Waals surface area contributed by atoms with E-state index in [1.165, 1.54) is 18.4 Å². The van der Waals surface area contributed by atoms with Crippen molar-refractivity contribution in [3.05, 3.63) is 21.4 Å². The van der Waals surface area contributed by atoms with Gasteiger partial charge in [0.25, 0.3) is 5.91 Å². The van der Waals surface area contributed by atoms with Crippen LogP contribution in [0.3, 0.4) is 0 Å². The van der Waals surface area contributed by atoms with Crippen molar-refractivity contribution in [1.29, 1.82) is 0 Å². The molecule has 110 valence electrons. The van der Waals surface area contributed by atoms with Crippen LogP contribution in [0.1, 0.15) is 33.0 Å². The highest BCUT2D eigenvalue weighted by atomic mass is 32.1. The molecule has 0 radical (unpaired) electrons. The third kappa shape index (κ3) is 4.34. The van der Waals surface area contributed by atoms with Crippen LogP contribution in [0.5, 0.6) is 0 Å². The molecule has 1 atom stereocenters. The number of carboxylic acid groups (broad SMARTS) is 1. The maximum absolute atomic E-state index is 12.0. The zero-order valence-electron chi connectivity index (χ0n) is 11.6. The van der Waals surface area contributed by atoms with E-state index in [9.17, 15) is 14.4 Å². The standard InChI is InChI=1S/C13H17NO5S/c1-7-6-9(8(2)20-7)12(16)14-10(13(17)18)4-5-11(15)19-3/h6,10H,4-5H2,1-3H3,(H,14,16)(H,17,18). The Morgan fingerprint density at radius 3 is 2.50 bits per heavy atom. The van der Waals surface area contributed by atoms with Crippen molar-refractivity contribution in [2.75, 3.05) is 7.11 Å². The van der Waals surface area contributed by atoms with Gasteiger partial charge in [-0.1, -0.05) is 0 Å². The number of aryl methyl sites for hydroxylation is 2. The molecule has 1 unspecified atom stereocenters. The molecule has 0 saturated heterocycles. The molecule has 1 aromatic rings. The minimum Gasteiger partial charge on any atom is -0.480 e. The minimum absolute atomic E-state index is 0.00405. The number of carbonyl (C=O) groups excluding carboxylic acids is 2. The molecule has 0 spiro atoms. The molecule has 0 aliphatic rings. The van der Waals surface area contributed by atoms with E-state index in [2.05, 4.69) is 10.1 Å². The number of ether oxygens (including phenoxy) is 1. The van der Waals surface area contributed by atoms with E-state index >= 15 is 0 Å². The van der Waals surface area contributed by atoms with Crippen LogP contribution in [0.25, 0.3) is 0 Å². The Kier molecular flexibility index (Phi) is 5.69. The number of carbonyl (C=O) groups is 3. The third-order valence-electron chi connectivity index (χ3n) is 2.75. The van der Waals surface area contributed by atoms with Gasteiger partial charge in [-0.15, -0.1) is 11.3 Å². The molecular formula is C13H17NO5S. The second-order valence-corrected chi connectivity index (χ2v) is 5.77. The van der Waals surface area contributed by atoms with Gasteiger partial charge in [0.2, 0.25) is 0 Å². The van der Waals surface area contributed by atoms with Crippen LogP contribution >= 0.6 is 11.3 Å². The number of esters is 1. The Balaban J connectivity index is 2.70. The predicted octanol–water partition coefficient (Wildman–Crippen LogP) is 1.50. The van der Waals surface area contributed by atoms with Gasteiger partial charge in [0.05, 0.1) is 12.7 Å². The van der Waals surface area contributed by atoms with Crippen LogP contribution in [0, 0.1) is 13.8 Å². The highest BCUT2D eigenvalue weighted by molar-refractivity contribution is 7.12. The number of thiophene rings is 1. The summed E-state index contributed by atoms with van der Waals surface area (Å²) in [4.78, 5) is 36.0. The van der Waals surface area contributed by atoms with Gasteiger partial charge in [0.15, 0.2) is 0 Å². The lowest BCUT2D eigenvalue weighted by Gasteiger charge is -2.13. The Hall–Kier alpha value is -1.89. The maximum Gasteiger partial charge on any atom is 0.326 e. The lowest BCUT2D eigenvalue weighted by Crippen LogP contribution is -2.41. The van der Waals surface area contributed by atoms with E-state index in [4.69, 9.17) is 5.11 Å². The van der Waals surface area contributed by atoms with E-state index in [1.807, 2.05) is 6.92 Å². The van der Waals surface area contributed by atoms with Gasteiger partial charge in [0, 0.05) is 16.2 Å². The third-order valence-corrected chi connectivity index (χ3v) is 3.72. The van der Waals surface area contributed by atoms with Crippen LogP contribution in [0.4, 0.5) is 0 Å². The lowest BCUT2D eigenvalue weighted by atomic mass is 10.1. The summed E-state index contributed by atoms with van der Waals surface area (Å²) in [5.74, 6) is -2.12. The number of amides is 1. The number of carboxylic acids is 1. The van der Waals surface area contributed by atoms with Crippen molar-refractivity contribution in [2.24, 2.45) is 0 Å². The Morgan fingerprint density at radius 2 is 2.05 bits per heavy atom. The molecule has 1 rings (SSSR count). The molecule has 20 heavy (non-hydrogen) atoms. The van der Waals surface area contributed by atoms with Gasteiger partial charge in [-0.25, -0.2) is 4.79 Å². The van der Waals surface area contributed by atoms with E-state index in [0.717, 1.165) is 9.75 Å². The summed E-state index contributed by atoms with van der Waals surface area (Å²) in [7, 11) is 1.23. The topological polar surface area (TPSA) is 92.7 Å².